The van der Waals surface area contributed by atoms with Gasteiger partial charge in [-0.1, -0.05) is 12.1 Å². The van der Waals surface area contributed by atoms with Crippen molar-refractivity contribution in [2.45, 2.75) is 13.5 Å². The molecule has 1 heterocycles. The van der Waals surface area contributed by atoms with Crippen LogP contribution in [0.2, 0.25) is 0 Å². The van der Waals surface area contributed by atoms with E-state index in [1.54, 1.807) is 19.3 Å². The number of amides is 1. The molecule has 0 aliphatic rings. The fourth-order valence-electron chi connectivity index (χ4n) is 1.92. The first-order valence-electron chi connectivity index (χ1n) is 6.85. The van der Waals surface area contributed by atoms with E-state index in [2.05, 4.69) is 31.7 Å². The summed E-state index contributed by atoms with van der Waals surface area (Å²) in [5.41, 5.74) is 1.96. The molecule has 0 aliphatic carbocycles. The summed E-state index contributed by atoms with van der Waals surface area (Å²) in [5.74, 6) is -0.0965. The Labute approximate surface area is 136 Å². The second-order valence-corrected chi connectivity index (χ2v) is 5.51. The molecule has 0 radical (unpaired) electrons. The van der Waals surface area contributed by atoms with Crippen LogP contribution in [0.5, 0.6) is 0 Å². The second-order valence-electron chi connectivity index (χ2n) is 4.71. The van der Waals surface area contributed by atoms with E-state index in [9.17, 15) is 9.59 Å². The predicted octanol–water partition coefficient (Wildman–Crippen LogP) is 1.90. The van der Waals surface area contributed by atoms with Crippen molar-refractivity contribution in [3.05, 3.63) is 56.4 Å². The lowest BCUT2D eigenvalue weighted by Crippen LogP contribution is -2.23. The van der Waals surface area contributed by atoms with Gasteiger partial charge in [-0.15, -0.1) is 0 Å². The maximum atomic E-state index is 11.8. The Morgan fingerprint density at radius 2 is 2.18 bits per heavy atom. The molecule has 6 nitrogen and oxygen atoms in total. The zero-order chi connectivity index (χ0) is 16.1. The molecule has 0 aliphatic heterocycles. The summed E-state index contributed by atoms with van der Waals surface area (Å²) in [4.78, 5) is 23.6. The molecular weight excluding hydrogens is 348 g/mol. The fourth-order valence-corrected chi connectivity index (χ4v) is 2.42. The number of hydrogen-bond donors (Lipinski definition) is 2. The molecule has 116 valence electrons. The van der Waals surface area contributed by atoms with Crippen molar-refractivity contribution in [1.29, 1.82) is 0 Å². The number of carbonyl (C=O) groups excluding carboxylic acids is 1. The minimum atomic E-state index is -0.207. The number of halogens is 1. The molecule has 0 saturated carbocycles. The monoisotopic (exact) mass is 364 g/mol. The number of hydrogen-bond acceptors (Lipinski definition) is 4. The molecule has 0 unspecified atom stereocenters. The highest BCUT2D eigenvalue weighted by molar-refractivity contribution is 9.10. The number of benzene rings is 1. The summed E-state index contributed by atoms with van der Waals surface area (Å²) in [7, 11) is 1.59. The van der Waals surface area contributed by atoms with Crippen LogP contribution in [0.4, 0.5) is 5.69 Å². The number of nitrogens with zero attached hydrogens (tertiary/aromatic N) is 2. The lowest BCUT2D eigenvalue weighted by molar-refractivity contribution is 0.0955. The Morgan fingerprint density at radius 3 is 2.91 bits per heavy atom. The highest BCUT2D eigenvalue weighted by Crippen LogP contribution is 2.17. The van der Waals surface area contributed by atoms with Gasteiger partial charge in [0.15, 0.2) is 0 Å². The molecule has 1 aromatic carbocycles. The Kier molecular flexibility index (Phi) is 5.32. The largest absolute Gasteiger partial charge is 0.379 e. The second kappa shape index (κ2) is 7.22. The van der Waals surface area contributed by atoms with Gasteiger partial charge >= 0.3 is 0 Å². The van der Waals surface area contributed by atoms with Gasteiger partial charge in [0.1, 0.15) is 4.47 Å². The summed E-state index contributed by atoms with van der Waals surface area (Å²) in [6.45, 7) is 2.96. The number of carbonyl (C=O) groups is 1. The first-order chi connectivity index (χ1) is 10.5. The zero-order valence-corrected chi connectivity index (χ0v) is 14.0. The molecular formula is C15H17BrN4O2. The molecule has 2 aromatic rings. The number of nitrogens with one attached hydrogen (secondary N) is 2. The smallest absolute Gasteiger partial charge is 0.282 e. The van der Waals surface area contributed by atoms with Gasteiger partial charge in [-0.25, -0.2) is 4.68 Å². The first-order valence-corrected chi connectivity index (χ1v) is 7.65. The van der Waals surface area contributed by atoms with Crippen LogP contribution in [-0.2, 0) is 13.6 Å². The summed E-state index contributed by atoms with van der Waals surface area (Å²) in [6.07, 6.45) is 1.58. The van der Waals surface area contributed by atoms with Crippen LogP contribution in [0.3, 0.4) is 0 Å². The van der Waals surface area contributed by atoms with E-state index in [0.29, 0.717) is 28.8 Å². The molecule has 2 rings (SSSR count). The lowest BCUT2D eigenvalue weighted by Gasteiger charge is -2.10. The van der Waals surface area contributed by atoms with Crippen LogP contribution in [0.1, 0.15) is 22.8 Å². The van der Waals surface area contributed by atoms with Crippen LogP contribution in [0, 0.1) is 0 Å². The van der Waals surface area contributed by atoms with Crippen LogP contribution in [0.15, 0.2) is 39.7 Å². The highest BCUT2D eigenvalue weighted by Gasteiger charge is 2.08. The van der Waals surface area contributed by atoms with Crippen molar-refractivity contribution >= 4 is 27.5 Å². The maximum absolute atomic E-state index is 11.8. The van der Waals surface area contributed by atoms with E-state index in [-0.39, 0.29) is 11.5 Å². The van der Waals surface area contributed by atoms with Crippen LogP contribution in [0.25, 0.3) is 0 Å². The standard InChI is InChI=1S/C15H17BrN4O2/c1-3-17-14(21)11-6-4-5-10(7-11)8-18-12-9-19-20(2)15(22)13(12)16/h4-7,9,18H,3,8H2,1-2H3,(H,17,21). The average Bonchev–Trinajstić information content (AvgIpc) is 2.52. The number of aromatic nitrogens is 2. The lowest BCUT2D eigenvalue weighted by atomic mass is 10.1. The summed E-state index contributed by atoms with van der Waals surface area (Å²) < 4.78 is 1.69. The third-order valence-corrected chi connectivity index (χ3v) is 3.85. The van der Waals surface area contributed by atoms with E-state index in [1.165, 1.54) is 4.68 Å². The third kappa shape index (κ3) is 3.73. The van der Waals surface area contributed by atoms with Crippen molar-refractivity contribution in [3.8, 4) is 0 Å². The van der Waals surface area contributed by atoms with E-state index >= 15 is 0 Å². The molecule has 0 bridgehead atoms. The van der Waals surface area contributed by atoms with Gasteiger partial charge in [0.25, 0.3) is 11.5 Å². The van der Waals surface area contributed by atoms with Crippen LogP contribution >= 0.6 is 15.9 Å². The quantitative estimate of drug-likeness (QED) is 0.849. The molecule has 0 saturated heterocycles. The van der Waals surface area contributed by atoms with E-state index < -0.39 is 0 Å². The van der Waals surface area contributed by atoms with E-state index in [4.69, 9.17) is 0 Å². The number of aryl methyl sites for hydroxylation is 1. The fraction of sp³-hybridized carbons (Fsp3) is 0.267. The van der Waals surface area contributed by atoms with Crippen LogP contribution < -0.4 is 16.2 Å². The Morgan fingerprint density at radius 1 is 1.41 bits per heavy atom. The molecule has 0 fully saturated rings. The molecule has 2 N–H and O–H groups in total. The molecule has 1 amide bonds. The molecule has 0 atom stereocenters. The van der Waals surface area contributed by atoms with Crippen molar-refractivity contribution in [1.82, 2.24) is 15.1 Å². The molecule has 1 aromatic heterocycles. The highest BCUT2D eigenvalue weighted by atomic mass is 79.9. The Hall–Kier alpha value is -2.15. The summed E-state index contributed by atoms with van der Waals surface area (Å²) in [5, 5.41) is 9.88. The van der Waals surface area contributed by atoms with Gasteiger partial charge in [0, 0.05) is 25.7 Å². The SMILES string of the molecule is CCNC(=O)c1cccc(CNc2cnn(C)c(=O)c2Br)c1. The minimum Gasteiger partial charge on any atom is -0.379 e. The van der Waals surface area contributed by atoms with Gasteiger partial charge in [0.2, 0.25) is 0 Å². The van der Waals surface area contributed by atoms with Crippen molar-refractivity contribution in [2.75, 3.05) is 11.9 Å². The zero-order valence-electron chi connectivity index (χ0n) is 12.4. The van der Waals surface area contributed by atoms with Crippen molar-refractivity contribution in [2.24, 2.45) is 7.05 Å². The minimum absolute atomic E-state index is 0.0965. The van der Waals surface area contributed by atoms with E-state index in [0.717, 1.165) is 5.56 Å². The normalized spacial score (nSPS) is 10.3. The summed E-state index contributed by atoms with van der Waals surface area (Å²) >= 11 is 3.26. The summed E-state index contributed by atoms with van der Waals surface area (Å²) in [6, 6.07) is 7.33. The molecule has 22 heavy (non-hydrogen) atoms. The van der Waals surface area contributed by atoms with Gasteiger partial charge in [-0.3, -0.25) is 9.59 Å². The maximum Gasteiger partial charge on any atom is 0.282 e. The van der Waals surface area contributed by atoms with Gasteiger partial charge in [0.05, 0.1) is 11.9 Å². The molecule has 7 heteroatoms. The average molecular weight is 365 g/mol. The van der Waals surface area contributed by atoms with E-state index in [1.807, 2.05) is 25.1 Å². The van der Waals surface area contributed by atoms with Gasteiger partial charge in [-0.2, -0.15) is 5.10 Å². The van der Waals surface area contributed by atoms with Crippen LogP contribution in [-0.4, -0.2) is 22.2 Å². The Bertz CT molecular complexity index is 743. The number of rotatable bonds is 5. The number of anilines is 1. The Balaban J connectivity index is 2.12. The third-order valence-electron chi connectivity index (χ3n) is 3.09. The molecule has 0 spiro atoms. The van der Waals surface area contributed by atoms with Gasteiger partial charge in [-0.05, 0) is 40.5 Å². The first kappa shape index (κ1) is 16.2. The topological polar surface area (TPSA) is 76.0 Å². The van der Waals surface area contributed by atoms with Crippen molar-refractivity contribution < 1.29 is 4.79 Å². The van der Waals surface area contributed by atoms with Gasteiger partial charge < -0.3 is 10.6 Å². The predicted molar refractivity (Wildman–Crippen MR) is 89.0 cm³/mol. The van der Waals surface area contributed by atoms with Crippen molar-refractivity contribution in [3.63, 3.8) is 0 Å².